The molecule has 0 amide bonds. The summed E-state index contributed by atoms with van der Waals surface area (Å²) in [6.07, 6.45) is 0. The maximum absolute atomic E-state index is 12.5. The van der Waals surface area contributed by atoms with Gasteiger partial charge in [0, 0.05) is 28.7 Å². The van der Waals surface area contributed by atoms with Crippen LogP contribution in [0.3, 0.4) is 0 Å². The number of non-ortho nitro benzene ring substituents is 1. The number of hydrogen-bond acceptors (Lipinski definition) is 5. The van der Waals surface area contributed by atoms with Crippen LogP contribution in [0.5, 0.6) is 0 Å². The monoisotopic (exact) mass is 308 g/mol. The van der Waals surface area contributed by atoms with Crippen molar-refractivity contribution in [2.24, 2.45) is 10.2 Å². The molecule has 0 bridgehead atoms. The Kier molecular flexibility index (Phi) is 3.68. The number of para-hydroxylation sites is 1. The van der Waals surface area contributed by atoms with Crippen LogP contribution >= 0.6 is 0 Å². The van der Waals surface area contributed by atoms with Gasteiger partial charge in [0.05, 0.1) is 10.6 Å². The van der Waals surface area contributed by atoms with Crippen LogP contribution in [0, 0.1) is 17.0 Å². The Morgan fingerprint density at radius 2 is 1.74 bits per heavy atom. The fourth-order valence-corrected chi connectivity index (χ4v) is 2.22. The lowest BCUT2D eigenvalue weighted by Crippen LogP contribution is -2.04. The third kappa shape index (κ3) is 2.84. The topological polar surface area (TPSA) is 101 Å². The van der Waals surface area contributed by atoms with E-state index in [0.29, 0.717) is 16.8 Å². The Balaban J connectivity index is 2.00. The van der Waals surface area contributed by atoms with E-state index in [1.807, 2.05) is 12.1 Å². The van der Waals surface area contributed by atoms with E-state index in [2.05, 4.69) is 15.2 Å². The lowest BCUT2D eigenvalue weighted by molar-refractivity contribution is -0.384. The van der Waals surface area contributed by atoms with E-state index in [1.165, 1.54) is 24.3 Å². The molecule has 3 aromatic rings. The van der Waals surface area contributed by atoms with Gasteiger partial charge in [0.2, 0.25) is 5.43 Å². The van der Waals surface area contributed by atoms with Crippen LogP contribution < -0.4 is 5.43 Å². The summed E-state index contributed by atoms with van der Waals surface area (Å²) in [5, 5.41) is 19.1. The number of fused-ring (bicyclic) bond motifs is 1. The average molecular weight is 308 g/mol. The zero-order valence-corrected chi connectivity index (χ0v) is 12.2. The van der Waals surface area contributed by atoms with E-state index in [9.17, 15) is 14.9 Å². The molecule has 3 rings (SSSR count). The van der Waals surface area contributed by atoms with E-state index in [4.69, 9.17) is 0 Å². The van der Waals surface area contributed by atoms with Gasteiger partial charge in [-0.05, 0) is 31.2 Å². The van der Waals surface area contributed by atoms with Crippen LogP contribution in [0.25, 0.3) is 10.9 Å². The Morgan fingerprint density at radius 3 is 2.43 bits per heavy atom. The molecule has 7 heteroatoms. The fourth-order valence-electron chi connectivity index (χ4n) is 2.22. The first-order valence-electron chi connectivity index (χ1n) is 6.84. The summed E-state index contributed by atoms with van der Waals surface area (Å²) in [5.74, 6) is 0. The highest BCUT2D eigenvalue weighted by Gasteiger charge is 2.08. The molecule has 0 unspecified atom stereocenters. The average Bonchev–Trinajstić information content (AvgIpc) is 2.55. The minimum Gasteiger partial charge on any atom is -0.357 e. The molecule has 0 saturated heterocycles. The molecule has 0 saturated carbocycles. The largest absolute Gasteiger partial charge is 0.357 e. The second kappa shape index (κ2) is 5.80. The normalized spacial score (nSPS) is 11.2. The quantitative estimate of drug-likeness (QED) is 0.446. The number of aromatic amines is 1. The molecule has 0 radical (unpaired) electrons. The van der Waals surface area contributed by atoms with Crippen molar-refractivity contribution in [2.75, 3.05) is 0 Å². The molecule has 7 nitrogen and oxygen atoms in total. The molecule has 1 heterocycles. The highest BCUT2D eigenvalue weighted by Crippen LogP contribution is 2.22. The number of nitro groups is 1. The lowest BCUT2D eigenvalue weighted by atomic mass is 10.2. The van der Waals surface area contributed by atoms with Crippen molar-refractivity contribution in [2.45, 2.75) is 6.92 Å². The number of aryl methyl sites for hydroxylation is 1. The standard InChI is InChI=1S/C16H12N4O3/c1-10-15(16(21)13-4-2-3-5-14(13)17-10)19-18-11-6-8-12(9-7-11)20(22)23/h2-9H,1H3,(H,17,21). The molecule has 114 valence electrons. The molecule has 1 N–H and O–H groups in total. The van der Waals surface area contributed by atoms with Crippen molar-refractivity contribution in [1.29, 1.82) is 0 Å². The van der Waals surface area contributed by atoms with E-state index >= 15 is 0 Å². The Labute approximate surface area is 130 Å². The zero-order valence-electron chi connectivity index (χ0n) is 12.2. The summed E-state index contributed by atoms with van der Waals surface area (Å²) in [5.41, 5.74) is 1.78. The zero-order chi connectivity index (χ0) is 16.4. The second-order valence-electron chi connectivity index (χ2n) is 4.95. The number of rotatable bonds is 3. The summed E-state index contributed by atoms with van der Waals surface area (Å²) < 4.78 is 0. The molecule has 23 heavy (non-hydrogen) atoms. The van der Waals surface area contributed by atoms with Crippen molar-refractivity contribution in [3.05, 3.63) is 74.6 Å². The SMILES string of the molecule is Cc1[nH]c2ccccc2c(=O)c1N=Nc1ccc([N+](=O)[O-])cc1. The summed E-state index contributed by atoms with van der Waals surface area (Å²) >= 11 is 0. The number of azo groups is 1. The highest BCUT2D eigenvalue weighted by molar-refractivity contribution is 5.81. The van der Waals surface area contributed by atoms with Gasteiger partial charge in [-0.15, -0.1) is 5.11 Å². The lowest BCUT2D eigenvalue weighted by Gasteiger charge is -2.03. The van der Waals surface area contributed by atoms with Crippen molar-refractivity contribution < 1.29 is 4.92 Å². The van der Waals surface area contributed by atoms with E-state index in [-0.39, 0.29) is 16.8 Å². The molecule has 2 aromatic carbocycles. The maximum Gasteiger partial charge on any atom is 0.269 e. The first kappa shape index (κ1) is 14.6. The third-order valence-corrected chi connectivity index (χ3v) is 3.39. The molecule has 0 aliphatic heterocycles. The molecule has 1 aromatic heterocycles. The number of pyridine rings is 1. The van der Waals surface area contributed by atoms with Gasteiger partial charge in [-0.2, -0.15) is 5.11 Å². The number of nitrogens with zero attached hydrogens (tertiary/aromatic N) is 3. The third-order valence-electron chi connectivity index (χ3n) is 3.39. The van der Waals surface area contributed by atoms with Crippen LogP contribution in [0.15, 0.2) is 63.6 Å². The van der Waals surface area contributed by atoms with Gasteiger partial charge in [0.25, 0.3) is 5.69 Å². The van der Waals surface area contributed by atoms with Crippen LogP contribution in [-0.2, 0) is 0 Å². The van der Waals surface area contributed by atoms with Gasteiger partial charge in [-0.1, -0.05) is 12.1 Å². The van der Waals surface area contributed by atoms with Crippen molar-refractivity contribution in [3.63, 3.8) is 0 Å². The Hall–Kier alpha value is -3.35. The molecule has 0 fully saturated rings. The van der Waals surface area contributed by atoms with Crippen LogP contribution in [0.1, 0.15) is 5.69 Å². The molecule has 0 aliphatic rings. The van der Waals surface area contributed by atoms with Gasteiger partial charge < -0.3 is 4.98 Å². The van der Waals surface area contributed by atoms with E-state index in [0.717, 1.165) is 5.52 Å². The summed E-state index contributed by atoms with van der Waals surface area (Å²) in [6, 6.07) is 12.8. The fraction of sp³-hybridized carbons (Fsp3) is 0.0625. The van der Waals surface area contributed by atoms with Crippen molar-refractivity contribution in [1.82, 2.24) is 4.98 Å². The number of nitrogens with one attached hydrogen (secondary N) is 1. The number of hydrogen-bond donors (Lipinski definition) is 1. The number of nitro benzene ring substituents is 1. The first-order valence-corrected chi connectivity index (χ1v) is 6.84. The van der Waals surface area contributed by atoms with E-state index in [1.54, 1.807) is 19.1 Å². The molecular formula is C16H12N4O3. The van der Waals surface area contributed by atoms with Gasteiger partial charge >= 0.3 is 0 Å². The van der Waals surface area contributed by atoms with E-state index < -0.39 is 4.92 Å². The highest BCUT2D eigenvalue weighted by atomic mass is 16.6. The summed E-state index contributed by atoms with van der Waals surface area (Å²) in [7, 11) is 0. The molecule has 0 spiro atoms. The summed E-state index contributed by atoms with van der Waals surface area (Å²) in [4.78, 5) is 25.7. The molecule has 0 aliphatic carbocycles. The number of aromatic nitrogens is 1. The number of H-pyrrole nitrogens is 1. The van der Waals surface area contributed by atoms with Gasteiger partial charge in [0.15, 0.2) is 5.69 Å². The molecular weight excluding hydrogens is 296 g/mol. The summed E-state index contributed by atoms with van der Waals surface area (Å²) in [6.45, 7) is 1.75. The van der Waals surface area contributed by atoms with Gasteiger partial charge in [-0.25, -0.2) is 0 Å². The van der Waals surface area contributed by atoms with Crippen molar-refractivity contribution in [3.8, 4) is 0 Å². The number of benzene rings is 2. The maximum atomic E-state index is 12.5. The predicted molar refractivity (Wildman–Crippen MR) is 86.6 cm³/mol. The van der Waals surface area contributed by atoms with Crippen LogP contribution in [0.2, 0.25) is 0 Å². The van der Waals surface area contributed by atoms with Gasteiger partial charge in [0.1, 0.15) is 0 Å². The minimum absolute atomic E-state index is 0.0244. The van der Waals surface area contributed by atoms with Crippen LogP contribution in [-0.4, -0.2) is 9.91 Å². The Bertz CT molecular complexity index is 975. The van der Waals surface area contributed by atoms with Crippen LogP contribution in [0.4, 0.5) is 17.1 Å². The minimum atomic E-state index is -0.487. The molecule has 0 atom stereocenters. The Morgan fingerprint density at radius 1 is 1.04 bits per heavy atom. The van der Waals surface area contributed by atoms with Crippen molar-refractivity contribution >= 4 is 28.0 Å². The predicted octanol–water partition coefficient (Wildman–Crippen LogP) is 4.16. The smallest absolute Gasteiger partial charge is 0.269 e. The second-order valence-corrected chi connectivity index (χ2v) is 4.95. The van der Waals surface area contributed by atoms with Gasteiger partial charge in [-0.3, -0.25) is 14.9 Å². The first-order chi connectivity index (χ1) is 11.1.